The minimum Gasteiger partial charge on any atom is -0.394 e. The highest BCUT2D eigenvalue weighted by Gasteiger charge is 2.44. The van der Waals surface area contributed by atoms with Crippen LogP contribution in [-0.2, 0) is 11.3 Å². The van der Waals surface area contributed by atoms with Gasteiger partial charge in [0, 0.05) is 9.77 Å². The molecular weight excluding hydrogens is 405 g/mol. The highest BCUT2D eigenvalue weighted by molar-refractivity contribution is 14.1. The normalized spacial score (nSPS) is 28.6. The number of aromatic nitrogens is 3. The lowest BCUT2D eigenvalue weighted by Crippen LogP contribution is -2.33. The molecule has 1 saturated heterocycles. The molecule has 120 valence electrons. The number of rotatable bonds is 3. The highest BCUT2D eigenvalue weighted by atomic mass is 127. The van der Waals surface area contributed by atoms with Crippen molar-refractivity contribution in [3.05, 3.63) is 21.3 Å². The van der Waals surface area contributed by atoms with Crippen LogP contribution in [0.1, 0.15) is 17.7 Å². The van der Waals surface area contributed by atoms with Crippen molar-refractivity contribution in [3.8, 4) is 0 Å². The molecule has 4 N–H and O–H groups in total. The zero-order chi connectivity index (χ0) is 16.0. The average molecular weight is 421 g/mol. The fourth-order valence-corrected chi connectivity index (χ4v) is 3.56. The first-order valence-electron chi connectivity index (χ1n) is 6.74. The molecule has 2 aromatic rings. The van der Waals surface area contributed by atoms with Crippen LogP contribution in [0.5, 0.6) is 0 Å². The summed E-state index contributed by atoms with van der Waals surface area (Å²) < 4.78 is 7.95. The fraction of sp³-hybridized carbons (Fsp3) is 0.538. The molecule has 3 heterocycles. The van der Waals surface area contributed by atoms with Crippen LogP contribution >= 0.6 is 22.6 Å². The second-order valence-electron chi connectivity index (χ2n) is 5.19. The van der Waals surface area contributed by atoms with Gasteiger partial charge in [-0.15, -0.1) is 0 Å². The Labute approximate surface area is 139 Å². The maximum absolute atomic E-state index is 10.2. The Hall–Kier alpha value is -0.850. The van der Waals surface area contributed by atoms with Gasteiger partial charge in [0.2, 0.25) is 0 Å². The van der Waals surface area contributed by atoms with Crippen molar-refractivity contribution < 1.29 is 25.2 Å². The van der Waals surface area contributed by atoms with Crippen molar-refractivity contribution in [1.29, 1.82) is 0 Å². The van der Waals surface area contributed by atoms with Crippen molar-refractivity contribution >= 4 is 33.6 Å². The van der Waals surface area contributed by atoms with Crippen LogP contribution in [0, 0.1) is 10.5 Å². The van der Waals surface area contributed by atoms with Crippen LogP contribution in [0.4, 0.5) is 0 Å². The van der Waals surface area contributed by atoms with Gasteiger partial charge in [-0.05, 0) is 29.5 Å². The van der Waals surface area contributed by atoms with Gasteiger partial charge < -0.3 is 29.7 Å². The number of hydrogen-bond acceptors (Lipinski definition) is 7. The Morgan fingerprint density at radius 3 is 2.59 bits per heavy atom. The summed E-state index contributed by atoms with van der Waals surface area (Å²) in [6.07, 6.45) is -2.35. The molecule has 0 radical (unpaired) electrons. The highest BCUT2D eigenvalue weighted by Crippen LogP contribution is 2.34. The number of nitrogens with zero attached hydrogens (tertiary/aromatic N) is 3. The third kappa shape index (κ3) is 2.41. The summed E-state index contributed by atoms with van der Waals surface area (Å²) in [5.74, 6) is 0.485. The monoisotopic (exact) mass is 421 g/mol. The summed E-state index contributed by atoms with van der Waals surface area (Å²) in [5, 5.41) is 39.4. The molecule has 1 fully saturated rings. The Morgan fingerprint density at radius 1 is 1.27 bits per heavy atom. The number of halogens is 1. The maximum Gasteiger partial charge on any atom is 0.164 e. The van der Waals surface area contributed by atoms with E-state index >= 15 is 0 Å². The van der Waals surface area contributed by atoms with Crippen molar-refractivity contribution in [3.63, 3.8) is 0 Å². The Balaban J connectivity index is 2.14. The fourth-order valence-electron chi connectivity index (χ4n) is 2.71. The van der Waals surface area contributed by atoms with E-state index in [4.69, 9.17) is 4.74 Å². The topological polar surface area (TPSA) is 121 Å². The van der Waals surface area contributed by atoms with E-state index in [0.29, 0.717) is 22.6 Å². The molecule has 0 aromatic carbocycles. The van der Waals surface area contributed by atoms with Gasteiger partial charge in [0.15, 0.2) is 6.23 Å². The molecule has 22 heavy (non-hydrogen) atoms. The molecule has 0 amide bonds. The average Bonchev–Trinajstić information content (AvgIpc) is 2.97. The van der Waals surface area contributed by atoms with E-state index in [1.165, 1.54) is 0 Å². The lowest BCUT2D eigenvalue weighted by molar-refractivity contribution is -0.0509. The van der Waals surface area contributed by atoms with E-state index in [1.807, 2.05) is 0 Å². The lowest BCUT2D eigenvalue weighted by Gasteiger charge is -2.17. The van der Waals surface area contributed by atoms with Gasteiger partial charge in [-0.1, -0.05) is 0 Å². The number of fused-ring (bicyclic) bond motifs is 1. The van der Waals surface area contributed by atoms with Gasteiger partial charge in [-0.25, -0.2) is 9.97 Å². The summed E-state index contributed by atoms with van der Waals surface area (Å²) >= 11 is 2.09. The van der Waals surface area contributed by atoms with Crippen molar-refractivity contribution in [2.45, 2.75) is 38.1 Å². The van der Waals surface area contributed by atoms with Crippen LogP contribution < -0.4 is 0 Å². The SMILES string of the molecule is Cc1nc(CO)c2c(I)cn([C@@H]3O[C@H](CO)[C@@H](O)[C@H]3O)c2n1. The van der Waals surface area contributed by atoms with Gasteiger partial charge in [0.1, 0.15) is 29.8 Å². The van der Waals surface area contributed by atoms with Crippen molar-refractivity contribution in [2.24, 2.45) is 0 Å². The minimum absolute atomic E-state index is 0.226. The minimum atomic E-state index is -1.18. The molecule has 0 spiro atoms. The van der Waals surface area contributed by atoms with E-state index in [1.54, 1.807) is 17.7 Å². The Morgan fingerprint density at radius 2 is 2.00 bits per heavy atom. The first-order valence-corrected chi connectivity index (χ1v) is 7.82. The van der Waals surface area contributed by atoms with Gasteiger partial charge in [-0.2, -0.15) is 0 Å². The smallest absolute Gasteiger partial charge is 0.164 e. The molecule has 1 aliphatic rings. The number of aliphatic hydroxyl groups is 4. The molecule has 0 aliphatic carbocycles. The van der Waals surface area contributed by atoms with Crippen LogP contribution in [0.15, 0.2) is 6.20 Å². The molecule has 1 aliphatic heterocycles. The molecule has 4 atom stereocenters. The molecular formula is C13H16IN3O5. The van der Waals surface area contributed by atoms with Crippen LogP contribution in [0.3, 0.4) is 0 Å². The quantitative estimate of drug-likeness (QED) is 0.491. The molecule has 2 aromatic heterocycles. The predicted molar refractivity (Wildman–Crippen MR) is 83.9 cm³/mol. The zero-order valence-electron chi connectivity index (χ0n) is 11.7. The summed E-state index contributed by atoms with van der Waals surface area (Å²) in [6, 6.07) is 0. The second kappa shape index (κ2) is 5.98. The molecule has 0 bridgehead atoms. The summed E-state index contributed by atoms with van der Waals surface area (Å²) in [5.41, 5.74) is 1.01. The van der Waals surface area contributed by atoms with E-state index in [2.05, 4.69) is 32.6 Å². The predicted octanol–water partition coefficient (Wildman–Crippen LogP) is -0.552. The van der Waals surface area contributed by atoms with E-state index in [0.717, 1.165) is 3.57 Å². The number of aliphatic hydroxyl groups excluding tert-OH is 4. The summed E-state index contributed by atoms with van der Waals surface area (Å²) in [4.78, 5) is 8.57. The maximum atomic E-state index is 10.2. The molecule has 9 heteroatoms. The second-order valence-corrected chi connectivity index (χ2v) is 6.35. The summed E-state index contributed by atoms with van der Waals surface area (Å²) in [7, 11) is 0. The first kappa shape index (κ1) is 16.0. The largest absolute Gasteiger partial charge is 0.394 e. The third-order valence-corrected chi connectivity index (χ3v) is 4.57. The third-order valence-electron chi connectivity index (χ3n) is 3.75. The summed E-state index contributed by atoms with van der Waals surface area (Å²) in [6.45, 7) is 1.09. The Kier molecular flexibility index (Phi) is 4.36. The number of hydrogen-bond donors (Lipinski definition) is 4. The number of ether oxygens (including phenoxy) is 1. The van der Waals surface area contributed by atoms with Crippen molar-refractivity contribution in [1.82, 2.24) is 14.5 Å². The van der Waals surface area contributed by atoms with Crippen molar-refractivity contribution in [2.75, 3.05) is 6.61 Å². The van der Waals surface area contributed by atoms with Crippen LogP contribution in [-0.4, -0.2) is 59.9 Å². The van der Waals surface area contributed by atoms with Gasteiger partial charge in [0.25, 0.3) is 0 Å². The van der Waals surface area contributed by atoms with Crippen LogP contribution in [0.25, 0.3) is 11.0 Å². The van der Waals surface area contributed by atoms with Gasteiger partial charge in [0.05, 0.1) is 24.3 Å². The van der Waals surface area contributed by atoms with Gasteiger partial charge in [-0.3, -0.25) is 0 Å². The lowest BCUT2D eigenvalue weighted by atomic mass is 10.1. The van der Waals surface area contributed by atoms with Gasteiger partial charge >= 0.3 is 0 Å². The standard InChI is InChI=1S/C13H16IN3O5/c1-5-15-7(3-18)9-6(14)2-17(12(9)16-5)13-11(21)10(20)8(4-19)22-13/h2,8,10-11,13,18-21H,3-4H2,1H3/t8-,10-,11-,13-/m1/s1. The molecule has 0 unspecified atom stereocenters. The Bertz CT molecular complexity index is 707. The van der Waals surface area contributed by atoms with E-state index in [-0.39, 0.29) is 13.2 Å². The molecule has 0 saturated carbocycles. The van der Waals surface area contributed by atoms with E-state index in [9.17, 15) is 20.4 Å². The first-order chi connectivity index (χ1) is 10.5. The van der Waals surface area contributed by atoms with Crippen LogP contribution in [0.2, 0.25) is 0 Å². The zero-order valence-corrected chi connectivity index (χ0v) is 13.9. The van der Waals surface area contributed by atoms with E-state index < -0.39 is 24.5 Å². The number of aryl methyl sites for hydroxylation is 1. The molecule has 8 nitrogen and oxygen atoms in total. The molecule has 3 rings (SSSR count).